The molecular formula is C14H20N2OS. The smallest absolute Gasteiger partial charge is 0.321 e. The molecule has 1 aromatic rings. The predicted molar refractivity (Wildman–Crippen MR) is 78.4 cm³/mol. The number of thioether (sulfide) groups is 1. The molecule has 18 heavy (non-hydrogen) atoms. The zero-order valence-electron chi connectivity index (χ0n) is 11.2. The molecule has 2 amide bonds. The number of carbonyl (C=O) groups excluding carboxylic acids is 1. The Bertz CT molecular complexity index is 447. The van der Waals surface area contributed by atoms with Crippen molar-refractivity contribution >= 4 is 23.5 Å². The zero-order chi connectivity index (χ0) is 13.1. The first-order chi connectivity index (χ1) is 8.60. The van der Waals surface area contributed by atoms with Crippen LogP contribution in [-0.2, 0) is 0 Å². The SMILES string of the molecule is CS[C@H]1CCN(C(=O)Nc2ccc(C)c(C)c2)C1. The Balaban J connectivity index is 1.97. The maximum Gasteiger partial charge on any atom is 0.321 e. The summed E-state index contributed by atoms with van der Waals surface area (Å²) in [5.41, 5.74) is 3.34. The fraction of sp³-hybridized carbons (Fsp3) is 0.500. The molecule has 1 aliphatic rings. The van der Waals surface area contributed by atoms with E-state index >= 15 is 0 Å². The average molecular weight is 264 g/mol. The molecule has 98 valence electrons. The first kappa shape index (κ1) is 13.3. The van der Waals surface area contributed by atoms with E-state index in [1.54, 1.807) is 0 Å². The quantitative estimate of drug-likeness (QED) is 0.889. The highest BCUT2D eigenvalue weighted by Crippen LogP contribution is 2.21. The van der Waals surface area contributed by atoms with Gasteiger partial charge in [-0.05, 0) is 49.8 Å². The van der Waals surface area contributed by atoms with Crippen LogP contribution in [0.4, 0.5) is 10.5 Å². The van der Waals surface area contributed by atoms with E-state index in [1.165, 1.54) is 11.1 Å². The van der Waals surface area contributed by atoms with Crippen LogP contribution in [-0.4, -0.2) is 35.5 Å². The number of urea groups is 1. The highest BCUT2D eigenvalue weighted by Gasteiger charge is 2.25. The Kier molecular flexibility index (Phi) is 4.17. The largest absolute Gasteiger partial charge is 0.323 e. The van der Waals surface area contributed by atoms with Crippen molar-refractivity contribution in [3.05, 3.63) is 29.3 Å². The van der Waals surface area contributed by atoms with Crippen molar-refractivity contribution in [3.63, 3.8) is 0 Å². The van der Waals surface area contributed by atoms with Gasteiger partial charge in [0, 0.05) is 24.0 Å². The third kappa shape index (κ3) is 2.99. The van der Waals surface area contributed by atoms with Crippen molar-refractivity contribution in [3.8, 4) is 0 Å². The van der Waals surface area contributed by atoms with Gasteiger partial charge in [-0.3, -0.25) is 0 Å². The van der Waals surface area contributed by atoms with Gasteiger partial charge in [-0.2, -0.15) is 11.8 Å². The normalized spacial score (nSPS) is 19.1. The molecule has 2 rings (SSSR count). The van der Waals surface area contributed by atoms with Crippen molar-refractivity contribution in [2.45, 2.75) is 25.5 Å². The van der Waals surface area contributed by atoms with E-state index in [1.807, 2.05) is 34.9 Å². The van der Waals surface area contributed by atoms with E-state index in [4.69, 9.17) is 0 Å². The molecule has 0 saturated carbocycles. The number of aryl methyl sites for hydroxylation is 2. The lowest BCUT2D eigenvalue weighted by Gasteiger charge is -2.17. The molecule has 1 aromatic carbocycles. The van der Waals surface area contributed by atoms with Gasteiger partial charge in [-0.1, -0.05) is 6.07 Å². The second-order valence-electron chi connectivity index (χ2n) is 4.82. The molecule has 1 N–H and O–H groups in total. The van der Waals surface area contributed by atoms with Crippen molar-refractivity contribution in [1.82, 2.24) is 4.90 Å². The molecule has 1 atom stereocenters. The van der Waals surface area contributed by atoms with Crippen molar-refractivity contribution in [2.75, 3.05) is 24.7 Å². The first-order valence-corrected chi connectivity index (χ1v) is 7.55. The molecule has 0 aromatic heterocycles. The van der Waals surface area contributed by atoms with Crippen LogP contribution in [0.15, 0.2) is 18.2 Å². The number of carbonyl (C=O) groups is 1. The summed E-state index contributed by atoms with van der Waals surface area (Å²) < 4.78 is 0. The topological polar surface area (TPSA) is 32.3 Å². The molecule has 0 unspecified atom stereocenters. The third-order valence-electron chi connectivity index (χ3n) is 3.52. The molecule has 0 aliphatic carbocycles. The van der Waals surface area contributed by atoms with Crippen LogP contribution in [0.2, 0.25) is 0 Å². The lowest BCUT2D eigenvalue weighted by molar-refractivity contribution is 0.222. The van der Waals surface area contributed by atoms with Crippen molar-refractivity contribution < 1.29 is 4.79 Å². The average Bonchev–Trinajstić information content (AvgIpc) is 2.82. The third-order valence-corrected chi connectivity index (χ3v) is 4.58. The number of nitrogens with one attached hydrogen (secondary N) is 1. The Hall–Kier alpha value is -1.16. The minimum absolute atomic E-state index is 0.0230. The Morgan fingerprint density at radius 1 is 1.39 bits per heavy atom. The lowest BCUT2D eigenvalue weighted by atomic mass is 10.1. The Morgan fingerprint density at radius 2 is 2.17 bits per heavy atom. The maximum absolute atomic E-state index is 12.1. The number of benzene rings is 1. The molecule has 1 saturated heterocycles. The number of nitrogens with zero attached hydrogens (tertiary/aromatic N) is 1. The summed E-state index contributed by atoms with van der Waals surface area (Å²) in [7, 11) is 0. The molecule has 0 bridgehead atoms. The van der Waals surface area contributed by atoms with Crippen LogP contribution < -0.4 is 5.32 Å². The van der Waals surface area contributed by atoms with Gasteiger partial charge in [0.1, 0.15) is 0 Å². The van der Waals surface area contributed by atoms with Crippen LogP contribution in [0.3, 0.4) is 0 Å². The predicted octanol–water partition coefficient (Wildman–Crippen LogP) is 3.27. The van der Waals surface area contributed by atoms with Crippen LogP contribution in [0.1, 0.15) is 17.5 Å². The number of hydrogen-bond acceptors (Lipinski definition) is 2. The maximum atomic E-state index is 12.1. The molecule has 1 fully saturated rings. The summed E-state index contributed by atoms with van der Waals surface area (Å²) in [4.78, 5) is 14.0. The summed E-state index contributed by atoms with van der Waals surface area (Å²) in [5, 5.41) is 3.57. The van der Waals surface area contributed by atoms with Gasteiger partial charge >= 0.3 is 6.03 Å². The number of likely N-dealkylation sites (tertiary alicyclic amines) is 1. The molecule has 3 nitrogen and oxygen atoms in total. The van der Waals surface area contributed by atoms with Gasteiger partial charge in [0.25, 0.3) is 0 Å². The number of anilines is 1. The second kappa shape index (κ2) is 5.65. The second-order valence-corrected chi connectivity index (χ2v) is 5.96. The number of amides is 2. The van der Waals surface area contributed by atoms with E-state index in [9.17, 15) is 4.79 Å². The first-order valence-electron chi connectivity index (χ1n) is 6.26. The highest BCUT2D eigenvalue weighted by atomic mass is 32.2. The summed E-state index contributed by atoms with van der Waals surface area (Å²) in [5.74, 6) is 0. The minimum atomic E-state index is 0.0230. The summed E-state index contributed by atoms with van der Waals surface area (Å²) >= 11 is 1.84. The van der Waals surface area contributed by atoms with Gasteiger partial charge in [0.05, 0.1) is 0 Å². The molecule has 4 heteroatoms. The van der Waals surface area contributed by atoms with E-state index in [-0.39, 0.29) is 6.03 Å². The Morgan fingerprint density at radius 3 is 2.78 bits per heavy atom. The number of hydrogen-bond donors (Lipinski definition) is 1. The van der Waals surface area contributed by atoms with Crippen molar-refractivity contribution in [2.24, 2.45) is 0 Å². The van der Waals surface area contributed by atoms with Crippen LogP contribution in [0.5, 0.6) is 0 Å². The van der Waals surface area contributed by atoms with E-state index < -0.39 is 0 Å². The summed E-state index contributed by atoms with van der Waals surface area (Å²) in [6, 6.07) is 6.05. The summed E-state index contributed by atoms with van der Waals surface area (Å²) in [6.07, 6.45) is 3.21. The van der Waals surface area contributed by atoms with E-state index in [2.05, 4.69) is 25.4 Å². The minimum Gasteiger partial charge on any atom is -0.323 e. The van der Waals surface area contributed by atoms with Crippen LogP contribution in [0.25, 0.3) is 0 Å². The fourth-order valence-corrected chi connectivity index (χ4v) is 2.80. The Labute approximate surface area is 113 Å². The lowest BCUT2D eigenvalue weighted by Crippen LogP contribution is -2.33. The highest BCUT2D eigenvalue weighted by molar-refractivity contribution is 7.99. The van der Waals surface area contributed by atoms with Gasteiger partial charge in [-0.25, -0.2) is 4.79 Å². The number of rotatable bonds is 2. The van der Waals surface area contributed by atoms with Gasteiger partial charge in [-0.15, -0.1) is 0 Å². The van der Waals surface area contributed by atoms with Crippen LogP contribution >= 0.6 is 11.8 Å². The molecule has 1 aliphatic heterocycles. The zero-order valence-corrected chi connectivity index (χ0v) is 12.0. The molecular weight excluding hydrogens is 244 g/mol. The molecule has 1 heterocycles. The monoisotopic (exact) mass is 264 g/mol. The van der Waals surface area contributed by atoms with E-state index in [0.717, 1.165) is 25.2 Å². The van der Waals surface area contributed by atoms with Gasteiger partial charge < -0.3 is 10.2 Å². The molecule has 0 radical (unpaired) electrons. The fourth-order valence-electron chi connectivity index (χ4n) is 2.13. The summed E-state index contributed by atoms with van der Waals surface area (Å²) in [6.45, 7) is 5.86. The van der Waals surface area contributed by atoms with Gasteiger partial charge in [0.15, 0.2) is 0 Å². The van der Waals surface area contributed by atoms with E-state index in [0.29, 0.717) is 5.25 Å². The van der Waals surface area contributed by atoms with Gasteiger partial charge in [0.2, 0.25) is 0 Å². The standard InChI is InChI=1S/C14H20N2OS/c1-10-4-5-12(8-11(10)2)15-14(17)16-7-6-13(9-16)18-3/h4-5,8,13H,6-7,9H2,1-3H3,(H,15,17)/t13-/m0/s1. The van der Waals surface area contributed by atoms with Crippen molar-refractivity contribution in [1.29, 1.82) is 0 Å². The van der Waals surface area contributed by atoms with Crippen LogP contribution in [0, 0.1) is 13.8 Å². The molecule has 0 spiro atoms.